The summed E-state index contributed by atoms with van der Waals surface area (Å²) in [5.74, 6) is -1.23. The van der Waals surface area contributed by atoms with Crippen LogP contribution in [-0.2, 0) is 20.9 Å². The number of nitrogens with one attached hydrogen (secondary N) is 1. The minimum Gasteiger partial charge on any atom is -0.481 e. The Morgan fingerprint density at radius 2 is 2.10 bits per heavy atom. The number of carboxylic acids is 1. The van der Waals surface area contributed by atoms with Crippen molar-refractivity contribution in [2.45, 2.75) is 19.1 Å². The van der Waals surface area contributed by atoms with Crippen molar-refractivity contribution < 1.29 is 24.2 Å². The average Bonchev–Trinajstić information content (AvgIpc) is 2.43. The monoisotopic (exact) mass is 281 g/mol. The SMILES string of the molecule is COCc1cccc(C(=O)NCC(CC(=O)O)OC)c1. The zero-order valence-corrected chi connectivity index (χ0v) is 11.6. The summed E-state index contributed by atoms with van der Waals surface area (Å²) in [6, 6.07) is 7.06. The Hall–Kier alpha value is -1.92. The third kappa shape index (κ3) is 5.38. The molecule has 6 heteroatoms. The maximum absolute atomic E-state index is 12.0. The van der Waals surface area contributed by atoms with Gasteiger partial charge in [-0.15, -0.1) is 0 Å². The first kappa shape index (κ1) is 16.1. The van der Waals surface area contributed by atoms with Gasteiger partial charge in [0.05, 0.1) is 19.1 Å². The average molecular weight is 281 g/mol. The van der Waals surface area contributed by atoms with E-state index in [1.54, 1.807) is 25.3 Å². The van der Waals surface area contributed by atoms with Gasteiger partial charge in [0.25, 0.3) is 5.91 Å². The van der Waals surface area contributed by atoms with Crippen molar-refractivity contribution in [2.24, 2.45) is 0 Å². The van der Waals surface area contributed by atoms with Gasteiger partial charge in [0, 0.05) is 26.3 Å². The second-order valence-corrected chi connectivity index (χ2v) is 4.30. The molecule has 20 heavy (non-hydrogen) atoms. The first-order valence-electron chi connectivity index (χ1n) is 6.17. The number of ether oxygens (including phenoxy) is 2. The summed E-state index contributed by atoms with van der Waals surface area (Å²) in [5, 5.41) is 11.3. The minimum absolute atomic E-state index is 0.149. The maximum Gasteiger partial charge on any atom is 0.306 e. The van der Waals surface area contributed by atoms with E-state index in [0.717, 1.165) is 5.56 Å². The smallest absolute Gasteiger partial charge is 0.306 e. The molecule has 0 saturated heterocycles. The first-order chi connectivity index (χ1) is 9.56. The van der Waals surface area contributed by atoms with Crippen molar-refractivity contribution >= 4 is 11.9 Å². The number of hydrogen-bond donors (Lipinski definition) is 2. The molecule has 1 aromatic rings. The number of carboxylic acid groups (broad SMARTS) is 1. The van der Waals surface area contributed by atoms with E-state index < -0.39 is 12.1 Å². The van der Waals surface area contributed by atoms with Crippen LogP contribution in [0, 0.1) is 0 Å². The Balaban J connectivity index is 2.57. The van der Waals surface area contributed by atoms with Crippen LogP contribution >= 0.6 is 0 Å². The third-order valence-corrected chi connectivity index (χ3v) is 2.73. The summed E-state index contributed by atoms with van der Waals surface area (Å²) < 4.78 is 10.00. The molecule has 6 nitrogen and oxygen atoms in total. The van der Waals surface area contributed by atoms with Crippen molar-refractivity contribution in [2.75, 3.05) is 20.8 Å². The van der Waals surface area contributed by atoms with E-state index in [1.165, 1.54) is 7.11 Å². The highest BCUT2D eigenvalue weighted by Gasteiger charge is 2.14. The van der Waals surface area contributed by atoms with Crippen LogP contribution in [0.3, 0.4) is 0 Å². The van der Waals surface area contributed by atoms with Gasteiger partial charge in [-0.1, -0.05) is 12.1 Å². The van der Waals surface area contributed by atoms with E-state index in [2.05, 4.69) is 5.32 Å². The van der Waals surface area contributed by atoms with E-state index >= 15 is 0 Å². The largest absolute Gasteiger partial charge is 0.481 e. The highest BCUT2D eigenvalue weighted by Crippen LogP contribution is 2.06. The Labute approximate surface area is 117 Å². The van der Waals surface area contributed by atoms with Crippen molar-refractivity contribution in [1.82, 2.24) is 5.32 Å². The van der Waals surface area contributed by atoms with Crippen LogP contribution in [0.25, 0.3) is 0 Å². The maximum atomic E-state index is 12.0. The number of amides is 1. The molecule has 1 unspecified atom stereocenters. The summed E-state index contributed by atoms with van der Waals surface area (Å²) in [4.78, 5) is 22.5. The van der Waals surface area contributed by atoms with Crippen molar-refractivity contribution in [3.8, 4) is 0 Å². The fraction of sp³-hybridized carbons (Fsp3) is 0.429. The highest BCUT2D eigenvalue weighted by molar-refractivity contribution is 5.94. The van der Waals surface area contributed by atoms with Gasteiger partial charge in [0.2, 0.25) is 0 Å². The molecule has 2 N–H and O–H groups in total. The number of carbonyl (C=O) groups excluding carboxylic acids is 1. The predicted octanol–water partition coefficient (Wildman–Crippen LogP) is 1.05. The van der Waals surface area contributed by atoms with Crippen molar-refractivity contribution in [3.05, 3.63) is 35.4 Å². The lowest BCUT2D eigenvalue weighted by Gasteiger charge is -2.14. The Kier molecular flexibility index (Phi) is 6.69. The van der Waals surface area contributed by atoms with Gasteiger partial charge < -0.3 is 19.9 Å². The quantitative estimate of drug-likeness (QED) is 0.744. The molecule has 110 valence electrons. The van der Waals surface area contributed by atoms with Gasteiger partial charge in [0.15, 0.2) is 0 Å². The van der Waals surface area contributed by atoms with Crippen LogP contribution in [0.1, 0.15) is 22.3 Å². The minimum atomic E-state index is -0.965. The summed E-state index contributed by atoms with van der Waals surface area (Å²) in [7, 11) is 3.00. The van der Waals surface area contributed by atoms with Crippen LogP contribution in [0.15, 0.2) is 24.3 Å². The lowest BCUT2D eigenvalue weighted by Crippen LogP contribution is -2.34. The van der Waals surface area contributed by atoms with Crippen LogP contribution < -0.4 is 5.32 Å². The summed E-state index contributed by atoms with van der Waals surface area (Å²) in [6.45, 7) is 0.580. The number of hydrogen-bond acceptors (Lipinski definition) is 4. The predicted molar refractivity (Wildman–Crippen MR) is 72.5 cm³/mol. The molecule has 0 heterocycles. The fourth-order valence-electron chi connectivity index (χ4n) is 1.71. The zero-order valence-electron chi connectivity index (χ0n) is 11.6. The van der Waals surface area contributed by atoms with Gasteiger partial charge in [-0.2, -0.15) is 0 Å². The Morgan fingerprint density at radius 1 is 1.35 bits per heavy atom. The standard InChI is InChI=1S/C14H19NO5/c1-19-9-10-4-3-5-11(6-10)14(18)15-8-12(20-2)7-13(16)17/h3-6,12H,7-9H2,1-2H3,(H,15,18)(H,16,17). The normalized spacial score (nSPS) is 11.9. The Morgan fingerprint density at radius 3 is 2.70 bits per heavy atom. The lowest BCUT2D eigenvalue weighted by molar-refractivity contribution is -0.139. The van der Waals surface area contributed by atoms with E-state index in [4.69, 9.17) is 14.6 Å². The fourth-order valence-corrected chi connectivity index (χ4v) is 1.71. The summed E-state index contributed by atoms with van der Waals surface area (Å²) >= 11 is 0. The molecule has 1 atom stereocenters. The molecule has 0 aliphatic heterocycles. The number of rotatable bonds is 8. The van der Waals surface area contributed by atoms with Crippen LogP contribution in [0.2, 0.25) is 0 Å². The lowest BCUT2D eigenvalue weighted by atomic mass is 10.1. The molecule has 0 aliphatic carbocycles. The first-order valence-corrected chi connectivity index (χ1v) is 6.17. The van der Waals surface area contributed by atoms with Crippen LogP contribution in [0.4, 0.5) is 0 Å². The number of aliphatic carboxylic acids is 1. The number of carbonyl (C=O) groups is 2. The van der Waals surface area contributed by atoms with Gasteiger partial charge >= 0.3 is 5.97 Å². The molecule has 0 saturated carbocycles. The summed E-state index contributed by atoms with van der Waals surface area (Å²) in [6.07, 6.45) is -0.695. The van der Waals surface area contributed by atoms with Gasteiger partial charge in [0.1, 0.15) is 0 Å². The summed E-state index contributed by atoms with van der Waals surface area (Å²) in [5.41, 5.74) is 1.40. The van der Waals surface area contributed by atoms with Gasteiger partial charge in [-0.3, -0.25) is 9.59 Å². The van der Waals surface area contributed by atoms with E-state index in [9.17, 15) is 9.59 Å². The van der Waals surface area contributed by atoms with E-state index in [-0.39, 0.29) is 18.9 Å². The molecule has 0 aromatic heterocycles. The molecule has 0 aliphatic rings. The molecule has 0 bridgehead atoms. The second kappa shape index (κ2) is 8.29. The molecular formula is C14H19NO5. The topological polar surface area (TPSA) is 84.9 Å². The number of benzene rings is 1. The Bertz CT molecular complexity index is 461. The van der Waals surface area contributed by atoms with E-state index in [0.29, 0.717) is 12.2 Å². The molecule has 1 amide bonds. The van der Waals surface area contributed by atoms with Crippen LogP contribution in [-0.4, -0.2) is 43.9 Å². The molecule has 1 rings (SSSR count). The zero-order chi connectivity index (χ0) is 15.0. The van der Waals surface area contributed by atoms with Crippen molar-refractivity contribution in [3.63, 3.8) is 0 Å². The van der Waals surface area contributed by atoms with Gasteiger partial charge in [-0.05, 0) is 17.7 Å². The third-order valence-electron chi connectivity index (χ3n) is 2.73. The second-order valence-electron chi connectivity index (χ2n) is 4.30. The molecular weight excluding hydrogens is 262 g/mol. The molecule has 1 aromatic carbocycles. The highest BCUT2D eigenvalue weighted by atomic mass is 16.5. The number of methoxy groups -OCH3 is 2. The van der Waals surface area contributed by atoms with Gasteiger partial charge in [-0.25, -0.2) is 0 Å². The van der Waals surface area contributed by atoms with Crippen molar-refractivity contribution in [1.29, 1.82) is 0 Å². The van der Waals surface area contributed by atoms with E-state index in [1.807, 2.05) is 6.07 Å². The molecule has 0 fully saturated rings. The molecule has 0 radical (unpaired) electrons. The van der Waals surface area contributed by atoms with Crippen LogP contribution in [0.5, 0.6) is 0 Å². The molecule has 0 spiro atoms.